The molecule has 2 heterocycles. The number of nitrogens with zero attached hydrogens (tertiary/aromatic N) is 2. The number of hydrogen-bond donors (Lipinski definition) is 1. The number of benzene rings is 1. The van der Waals surface area contributed by atoms with Crippen molar-refractivity contribution in [3.8, 4) is 0 Å². The van der Waals surface area contributed by atoms with E-state index in [2.05, 4.69) is 5.32 Å². The summed E-state index contributed by atoms with van der Waals surface area (Å²) < 4.78 is 51.4. The maximum absolute atomic E-state index is 12.5. The van der Waals surface area contributed by atoms with Gasteiger partial charge in [0.25, 0.3) is 0 Å². The van der Waals surface area contributed by atoms with E-state index in [1.807, 2.05) is 0 Å². The first-order chi connectivity index (χ1) is 13.7. The Balaban J connectivity index is 1.50. The number of aryl methyl sites for hydroxylation is 1. The summed E-state index contributed by atoms with van der Waals surface area (Å²) in [6.07, 6.45) is 5.24. The Labute approximate surface area is 173 Å². The van der Waals surface area contributed by atoms with Crippen molar-refractivity contribution in [2.45, 2.75) is 49.5 Å². The molecule has 29 heavy (non-hydrogen) atoms. The molecule has 0 aromatic heterocycles. The molecule has 1 aromatic carbocycles. The second kappa shape index (κ2) is 9.11. The molecular formula is C19H29N3O5S2. The number of amides is 1. The molecule has 0 spiro atoms. The topological polar surface area (TPSA) is 104 Å². The predicted molar refractivity (Wildman–Crippen MR) is 110 cm³/mol. The molecule has 0 radical (unpaired) electrons. The van der Waals surface area contributed by atoms with Crippen molar-refractivity contribution in [3.05, 3.63) is 29.8 Å². The van der Waals surface area contributed by atoms with E-state index in [1.165, 1.54) is 14.9 Å². The van der Waals surface area contributed by atoms with Crippen molar-refractivity contribution < 1.29 is 21.6 Å². The molecule has 2 saturated heterocycles. The number of piperidine rings is 1. The first-order valence-corrected chi connectivity index (χ1v) is 13.3. The second-order valence-corrected chi connectivity index (χ2v) is 11.7. The zero-order valence-corrected chi connectivity index (χ0v) is 18.3. The van der Waals surface area contributed by atoms with Crippen molar-refractivity contribution in [2.24, 2.45) is 0 Å². The highest BCUT2D eigenvalue weighted by Crippen LogP contribution is 2.21. The summed E-state index contributed by atoms with van der Waals surface area (Å²) in [5.74, 6) is -0.126. The van der Waals surface area contributed by atoms with Crippen LogP contribution in [0.15, 0.2) is 29.2 Å². The molecule has 2 aliphatic rings. The SMILES string of the molecule is CS(=O)(=O)N1CCCC(NC(=O)CCc2ccc(S(=O)(=O)N3CCCC3)cc2)C1. The van der Waals surface area contributed by atoms with Gasteiger partial charge in [0.2, 0.25) is 26.0 Å². The van der Waals surface area contributed by atoms with E-state index in [0.717, 1.165) is 31.2 Å². The molecule has 2 aliphatic heterocycles. The Kier molecular flexibility index (Phi) is 6.98. The molecule has 2 fully saturated rings. The fourth-order valence-corrected chi connectivity index (χ4v) is 6.25. The van der Waals surface area contributed by atoms with Gasteiger partial charge in [-0.1, -0.05) is 12.1 Å². The summed E-state index contributed by atoms with van der Waals surface area (Å²) in [6.45, 7) is 1.95. The van der Waals surface area contributed by atoms with E-state index in [0.29, 0.717) is 32.6 Å². The van der Waals surface area contributed by atoms with Crippen molar-refractivity contribution in [3.63, 3.8) is 0 Å². The Bertz CT molecular complexity index is 923. The van der Waals surface area contributed by atoms with Crippen LogP contribution in [0, 0.1) is 0 Å². The number of sulfonamides is 2. The van der Waals surface area contributed by atoms with Crippen molar-refractivity contribution >= 4 is 26.0 Å². The van der Waals surface area contributed by atoms with E-state index in [1.54, 1.807) is 24.3 Å². The minimum Gasteiger partial charge on any atom is -0.352 e. The van der Waals surface area contributed by atoms with Gasteiger partial charge in [-0.3, -0.25) is 4.79 Å². The zero-order valence-electron chi connectivity index (χ0n) is 16.7. The summed E-state index contributed by atoms with van der Waals surface area (Å²) in [5.41, 5.74) is 0.891. The monoisotopic (exact) mass is 443 g/mol. The molecule has 0 bridgehead atoms. The Morgan fingerprint density at radius 1 is 1.00 bits per heavy atom. The largest absolute Gasteiger partial charge is 0.352 e. The van der Waals surface area contributed by atoms with Crippen LogP contribution in [-0.2, 0) is 31.3 Å². The number of rotatable bonds is 7. The van der Waals surface area contributed by atoms with E-state index >= 15 is 0 Å². The highest BCUT2D eigenvalue weighted by Gasteiger charge is 2.28. The first-order valence-electron chi connectivity index (χ1n) is 10.00. The van der Waals surface area contributed by atoms with Gasteiger partial charge in [0.15, 0.2) is 0 Å². The van der Waals surface area contributed by atoms with Gasteiger partial charge in [0.05, 0.1) is 11.2 Å². The van der Waals surface area contributed by atoms with Crippen LogP contribution in [0.1, 0.15) is 37.7 Å². The van der Waals surface area contributed by atoms with Crippen molar-refractivity contribution in [2.75, 3.05) is 32.4 Å². The average Bonchev–Trinajstić information content (AvgIpc) is 3.22. The summed E-state index contributed by atoms with van der Waals surface area (Å²) >= 11 is 0. The van der Waals surface area contributed by atoms with Crippen LogP contribution in [-0.4, -0.2) is 69.8 Å². The summed E-state index contributed by atoms with van der Waals surface area (Å²) in [5, 5.41) is 2.92. The third kappa shape index (κ3) is 5.78. The molecule has 1 N–H and O–H groups in total. The summed E-state index contributed by atoms with van der Waals surface area (Å²) in [7, 11) is -6.67. The average molecular weight is 444 g/mol. The van der Waals surface area contributed by atoms with Gasteiger partial charge in [-0.05, 0) is 49.8 Å². The minimum atomic E-state index is -3.42. The van der Waals surface area contributed by atoms with E-state index in [4.69, 9.17) is 0 Å². The maximum Gasteiger partial charge on any atom is 0.243 e. The smallest absolute Gasteiger partial charge is 0.243 e. The fourth-order valence-electron chi connectivity index (χ4n) is 3.82. The molecular weight excluding hydrogens is 414 g/mol. The van der Waals surface area contributed by atoms with Gasteiger partial charge in [-0.25, -0.2) is 21.1 Å². The lowest BCUT2D eigenvalue weighted by molar-refractivity contribution is -0.122. The van der Waals surface area contributed by atoms with Crippen molar-refractivity contribution in [1.29, 1.82) is 0 Å². The van der Waals surface area contributed by atoms with Gasteiger partial charge < -0.3 is 5.32 Å². The number of nitrogens with one attached hydrogen (secondary N) is 1. The van der Waals surface area contributed by atoms with Crippen molar-refractivity contribution in [1.82, 2.24) is 13.9 Å². The molecule has 10 heteroatoms. The minimum absolute atomic E-state index is 0.126. The van der Waals surface area contributed by atoms with Gasteiger partial charge in [-0.15, -0.1) is 0 Å². The molecule has 1 aromatic rings. The van der Waals surface area contributed by atoms with E-state index in [9.17, 15) is 21.6 Å². The second-order valence-electron chi connectivity index (χ2n) is 7.78. The third-order valence-corrected chi connectivity index (χ3v) is 8.67. The molecule has 3 rings (SSSR count). The quantitative estimate of drug-likeness (QED) is 0.676. The summed E-state index contributed by atoms with van der Waals surface area (Å²) in [6, 6.07) is 6.54. The standard InChI is InChI=1S/C19H29N3O5S2/c1-28(24,25)22-14-4-5-17(15-22)20-19(23)11-8-16-6-9-18(10-7-16)29(26,27)21-12-2-3-13-21/h6-7,9-10,17H,2-5,8,11-15H2,1H3,(H,20,23). The van der Waals surface area contributed by atoms with Crippen LogP contribution < -0.4 is 5.32 Å². The lowest BCUT2D eigenvalue weighted by Crippen LogP contribution is -2.49. The van der Waals surface area contributed by atoms with Gasteiger partial charge >= 0.3 is 0 Å². The maximum atomic E-state index is 12.5. The third-order valence-electron chi connectivity index (χ3n) is 5.49. The van der Waals surface area contributed by atoms with E-state index < -0.39 is 20.0 Å². The van der Waals surface area contributed by atoms with Gasteiger partial charge in [0, 0.05) is 38.6 Å². The normalized spacial score (nSPS) is 21.9. The fraction of sp³-hybridized carbons (Fsp3) is 0.632. The molecule has 0 saturated carbocycles. The first kappa shape index (κ1) is 22.2. The van der Waals surface area contributed by atoms with Crippen LogP contribution in [0.2, 0.25) is 0 Å². The molecule has 1 unspecified atom stereocenters. The number of carbonyl (C=O) groups is 1. The molecule has 1 atom stereocenters. The Morgan fingerprint density at radius 3 is 2.24 bits per heavy atom. The predicted octanol–water partition coefficient (Wildman–Crippen LogP) is 0.944. The number of hydrogen-bond acceptors (Lipinski definition) is 5. The van der Waals surface area contributed by atoms with Crippen LogP contribution in [0.3, 0.4) is 0 Å². The number of carbonyl (C=O) groups excluding carboxylic acids is 1. The van der Waals surface area contributed by atoms with Crippen LogP contribution >= 0.6 is 0 Å². The van der Waals surface area contributed by atoms with Crippen LogP contribution in [0.4, 0.5) is 0 Å². The molecule has 0 aliphatic carbocycles. The Hall–Kier alpha value is -1.49. The highest BCUT2D eigenvalue weighted by atomic mass is 32.2. The van der Waals surface area contributed by atoms with Crippen LogP contribution in [0.5, 0.6) is 0 Å². The van der Waals surface area contributed by atoms with Gasteiger partial charge in [-0.2, -0.15) is 4.31 Å². The lowest BCUT2D eigenvalue weighted by Gasteiger charge is -2.31. The van der Waals surface area contributed by atoms with E-state index in [-0.39, 0.29) is 23.3 Å². The van der Waals surface area contributed by atoms with Crippen LogP contribution in [0.25, 0.3) is 0 Å². The summed E-state index contributed by atoms with van der Waals surface area (Å²) in [4.78, 5) is 12.5. The molecule has 8 nitrogen and oxygen atoms in total. The van der Waals surface area contributed by atoms with Gasteiger partial charge in [0.1, 0.15) is 0 Å². The molecule has 1 amide bonds. The zero-order chi connectivity index (χ0) is 21.1. The molecule has 162 valence electrons. The highest BCUT2D eigenvalue weighted by molar-refractivity contribution is 7.89. The lowest BCUT2D eigenvalue weighted by atomic mass is 10.1. The Morgan fingerprint density at radius 2 is 1.62 bits per heavy atom.